The minimum absolute atomic E-state index is 0.0375. The molecule has 0 spiro atoms. The monoisotopic (exact) mass is 486 g/mol. The van der Waals surface area contributed by atoms with Crippen molar-refractivity contribution in [3.63, 3.8) is 0 Å². The Hall–Kier alpha value is -1.77. The van der Waals surface area contributed by atoms with Gasteiger partial charge >= 0.3 is 0 Å². The van der Waals surface area contributed by atoms with Gasteiger partial charge in [0.2, 0.25) is 0 Å². The maximum Gasteiger partial charge on any atom is 0.165 e. The van der Waals surface area contributed by atoms with E-state index >= 15 is 0 Å². The van der Waals surface area contributed by atoms with Crippen molar-refractivity contribution in [2.75, 3.05) is 26.9 Å². The van der Waals surface area contributed by atoms with E-state index in [1.54, 1.807) is 19.2 Å². The number of rotatable bonds is 10. The quantitative estimate of drug-likeness (QED) is 0.347. The molecular weight excluding hydrogens is 462 g/mol. The van der Waals surface area contributed by atoms with Crippen LogP contribution in [0.25, 0.3) is 4.91 Å². The predicted octanol–water partition coefficient (Wildman–Crippen LogP) is 5.40. The number of aliphatic hydroxyl groups is 1. The molecule has 168 valence electrons. The summed E-state index contributed by atoms with van der Waals surface area (Å²) in [5.74, 6) is -0.0517. The molecule has 0 heterocycles. The molecule has 2 aromatic carbocycles. The van der Waals surface area contributed by atoms with Gasteiger partial charge in [0.05, 0.1) is 29.3 Å². The third kappa shape index (κ3) is 7.12. The minimum atomic E-state index is -0.614. The number of thioether (sulfide) groups is 1. The SMILES string of the molecule is C=C(SC(=NC)c1ccc(OCCC)c(Cl)c1)c1cc(F)c(OCC(N)CO)cc1Cl. The normalized spacial score (nSPS) is 12.5. The first-order valence-electron chi connectivity index (χ1n) is 9.55. The van der Waals surface area contributed by atoms with Crippen LogP contribution in [0.15, 0.2) is 41.9 Å². The van der Waals surface area contributed by atoms with Crippen molar-refractivity contribution in [1.82, 2.24) is 0 Å². The summed E-state index contributed by atoms with van der Waals surface area (Å²) in [6.07, 6.45) is 0.880. The topological polar surface area (TPSA) is 77.1 Å². The van der Waals surface area contributed by atoms with Crippen LogP contribution in [0.2, 0.25) is 10.0 Å². The second-order valence-electron chi connectivity index (χ2n) is 6.56. The molecule has 9 heteroatoms. The number of ether oxygens (including phenoxy) is 2. The largest absolute Gasteiger partial charge is 0.492 e. The van der Waals surface area contributed by atoms with E-state index < -0.39 is 11.9 Å². The van der Waals surface area contributed by atoms with Crippen LogP contribution < -0.4 is 15.2 Å². The van der Waals surface area contributed by atoms with Gasteiger partial charge in [-0.1, -0.05) is 48.5 Å². The highest BCUT2D eigenvalue weighted by Crippen LogP contribution is 2.37. The first-order valence-corrected chi connectivity index (χ1v) is 11.1. The Balaban J connectivity index is 2.17. The highest BCUT2D eigenvalue weighted by Gasteiger charge is 2.16. The molecule has 1 atom stereocenters. The molecule has 31 heavy (non-hydrogen) atoms. The maximum atomic E-state index is 14.5. The van der Waals surface area contributed by atoms with Crippen LogP contribution >= 0.6 is 35.0 Å². The van der Waals surface area contributed by atoms with E-state index in [9.17, 15) is 4.39 Å². The van der Waals surface area contributed by atoms with E-state index in [1.165, 1.54) is 23.9 Å². The van der Waals surface area contributed by atoms with Crippen molar-refractivity contribution in [3.05, 3.63) is 63.9 Å². The van der Waals surface area contributed by atoms with Gasteiger partial charge in [-0.2, -0.15) is 0 Å². The second kappa shape index (κ2) is 12.3. The van der Waals surface area contributed by atoms with Gasteiger partial charge in [0.15, 0.2) is 11.6 Å². The van der Waals surface area contributed by atoms with Gasteiger partial charge in [-0.3, -0.25) is 4.99 Å². The number of nitrogens with zero attached hydrogens (tertiary/aromatic N) is 1. The zero-order chi connectivity index (χ0) is 23.0. The highest BCUT2D eigenvalue weighted by molar-refractivity contribution is 8.22. The summed E-state index contributed by atoms with van der Waals surface area (Å²) in [5.41, 5.74) is 6.77. The van der Waals surface area contributed by atoms with Crippen molar-refractivity contribution in [3.8, 4) is 11.5 Å². The van der Waals surface area contributed by atoms with E-state index in [4.69, 9.17) is 43.5 Å². The Bertz CT molecular complexity index is 957. The number of hydrogen-bond donors (Lipinski definition) is 2. The van der Waals surface area contributed by atoms with Crippen molar-refractivity contribution >= 4 is 44.9 Å². The van der Waals surface area contributed by atoms with Crippen molar-refractivity contribution in [2.45, 2.75) is 19.4 Å². The average Bonchev–Trinajstić information content (AvgIpc) is 2.76. The van der Waals surface area contributed by atoms with Crippen LogP contribution in [0.4, 0.5) is 4.39 Å². The highest BCUT2D eigenvalue weighted by atomic mass is 35.5. The van der Waals surface area contributed by atoms with Crippen LogP contribution in [0.5, 0.6) is 11.5 Å². The smallest absolute Gasteiger partial charge is 0.165 e. The number of hydrogen-bond acceptors (Lipinski definition) is 6. The van der Waals surface area contributed by atoms with E-state index in [2.05, 4.69) is 11.6 Å². The molecule has 5 nitrogen and oxygen atoms in total. The Labute approximate surface area is 196 Å². The van der Waals surface area contributed by atoms with Crippen LogP contribution in [0, 0.1) is 5.82 Å². The molecule has 0 fully saturated rings. The zero-order valence-corrected chi connectivity index (χ0v) is 19.7. The lowest BCUT2D eigenvalue weighted by Crippen LogP contribution is -2.31. The fourth-order valence-electron chi connectivity index (χ4n) is 2.47. The lowest BCUT2D eigenvalue weighted by molar-refractivity contribution is 0.202. The summed E-state index contributed by atoms with van der Waals surface area (Å²) in [6, 6.07) is 7.40. The van der Waals surface area contributed by atoms with Crippen molar-refractivity contribution < 1.29 is 19.0 Å². The summed E-state index contributed by atoms with van der Waals surface area (Å²) in [6.45, 7) is 6.31. The molecule has 1 unspecified atom stereocenters. The van der Waals surface area contributed by atoms with Crippen LogP contribution in [0.3, 0.4) is 0 Å². The van der Waals surface area contributed by atoms with Gasteiger partial charge in [-0.25, -0.2) is 4.39 Å². The molecule has 0 saturated carbocycles. The molecule has 0 aliphatic rings. The van der Waals surface area contributed by atoms with Crippen LogP contribution in [-0.2, 0) is 0 Å². The Morgan fingerprint density at radius 2 is 1.97 bits per heavy atom. The standard InChI is InChI=1S/C22H25Cl2FN2O3S/c1-4-7-29-20-6-5-14(8-18(20)24)22(27-3)31-13(2)16-9-19(25)21(10-17(16)23)30-12-15(26)11-28/h5-6,8-10,15,28H,2,4,7,11-12,26H2,1,3H3. The number of aliphatic imine (C=N–C) groups is 1. The Morgan fingerprint density at radius 1 is 1.23 bits per heavy atom. The Morgan fingerprint density at radius 3 is 2.58 bits per heavy atom. The average molecular weight is 487 g/mol. The van der Waals surface area contributed by atoms with E-state index in [1.807, 2.05) is 13.0 Å². The Kier molecular flexibility index (Phi) is 10.1. The van der Waals surface area contributed by atoms with Gasteiger partial charge in [0.1, 0.15) is 17.4 Å². The molecule has 2 rings (SSSR count). The van der Waals surface area contributed by atoms with Gasteiger partial charge in [-0.15, -0.1) is 0 Å². The summed E-state index contributed by atoms with van der Waals surface area (Å²) < 4.78 is 25.4. The molecule has 2 aromatic rings. The predicted molar refractivity (Wildman–Crippen MR) is 128 cm³/mol. The molecule has 0 aliphatic carbocycles. The third-order valence-corrected chi connectivity index (χ3v) is 5.76. The van der Waals surface area contributed by atoms with E-state index in [0.717, 1.165) is 12.0 Å². The summed E-state index contributed by atoms with van der Waals surface area (Å²) >= 11 is 13.9. The molecular formula is C22H25Cl2FN2O3S. The van der Waals surface area contributed by atoms with Gasteiger partial charge in [0, 0.05) is 29.1 Å². The molecule has 0 aliphatic heterocycles. The molecule has 0 radical (unpaired) electrons. The lowest BCUT2D eigenvalue weighted by atomic mass is 10.2. The van der Waals surface area contributed by atoms with Crippen molar-refractivity contribution in [2.24, 2.45) is 10.7 Å². The molecule has 0 amide bonds. The maximum absolute atomic E-state index is 14.5. The van der Waals surface area contributed by atoms with Crippen LogP contribution in [0.1, 0.15) is 24.5 Å². The summed E-state index contributed by atoms with van der Waals surface area (Å²) in [5, 5.41) is 10.3. The first kappa shape index (κ1) is 25.5. The van der Waals surface area contributed by atoms with Gasteiger partial charge < -0.3 is 20.3 Å². The molecule has 0 bridgehead atoms. The van der Waals surface area contributed by atoms with Crippen molar-refractivity contribution in [1.29, 1.82) is 0 Å². The fraction of sp³-hybridized carbons (Fsp3) is 0.318. The van der Waals surface area contributed by atoms with E-state index in [0.29, 0.717) is 32.9 Å². The summed E-state index contributed by atoms with van der Waals surface area (Å²) in [4.78, 5) is 4.81. The first-order chi connectivity index (χ1) is 14.8. The van der Waals surface area contributed by atoms with Crippen LogP contribution in [-0.4, -0.2) is 43.1 Å². The lowest BCUT2D eigenvalue weighted by Gasteiger charge is -2.15. The van der Waals surface area contributed by atoms with Gasteiger partial charge in [-0.05, 0) is 30.7 Å². The van der Waals surface area contributed by atoms with E-state index in [-0.39, 0.29) is 24.0 Å². The minimum Gasteiger partial charge on any atom is -0.492 e. The third-order valence-electron chi connectivity index (χ3n) is 4.07. The fourth-order valence-corrected chi connectivity index (χ4v) is 3.88. The number of halogens is 3. The second-order valence-corrected chi connectivity index (χ2v) is 8.46. The summed E-state index contributed by atoms with van der Waals surface area (Å²) in [7, 11) is 1.65. The molecule has 3 N–H and O–H groups in total. The molecule has 0 saturated heterocycles. The zero-order valence-electron chi connectivity index (χ0n) is 17.3. The van der Waals surface area contributed by atoms with Gasteiger partial charge in [0.25, 0.3) is 0 Å². The number of benzene rings is 2. The number of nitrogens with two attached hydrogens (primary N) is 1. The number of aliphatic hydroxyl groups excluding tert-OH is 1. The molecule has 0 aromatic heterocycles.